The van der Waals surface area contributed by atoms with Crippen LogP contribution in [0.15, 0.2) is 29.2 Å². The van der Waals surface area contributed by atoms with Crippen LogP contribution in [0.5, 0.6) is 0 Å². The first kappa shape index (κ1) is 14.5. The lowest BCUT2D eigenvalue weighted by Gasteiger charge is -2.33. The van der Waals surface area contributed by atoms with Gasteiger partial charge in [0.2, 0.25) is 10.0 Å². The van der Waals surface area contributed by atoms with Crippen molar-refractivity contribution in [2.75, 3.05) is 7.05 Å². The topological polar surface area (TPSA) is 74.7 Å². The zero-order chi connectivity index (χ0) is 15.2. The Kier molecular flexibility index (Phi) is 3.51. The zero-order valence-corrected chi connectivity index (χ0v) is 13.1. The number of fused-ring (bicyclic) bond motifs is 1. The van der Waals surface area contributed by atoms with E-state index in [1.807, 2.05) is 0 Å². The number of benzene rings is 1. The van der Waals surface area contributed by atoms with Gasteiger partial charge in [0, 0.05) is 23.2 Å². The molecule has 112 valence electrons. The highest BCUT2D eigenvalue weighted by Crippen LogP contribution is 2.38. The van der Waals surface area contributed by atoms with Crippen LogP contribution in [0.3, 0.4) is 0 Å². The highest BCUT2D eigenvalue weighted by molar-refractivity contribution is 7.89. The molecule has 0 radical (unpaired) electrons. The van der Waals surface area contributed by atoms with Crippen molar-refractivity contribution in [3.8, 4) is 0 Å². The summed E-state index contributed by atoms with van der Waals surface area (Å²) in [5.74, 6) is -1.20. The summed E-state index contributed by atoms with van der Waals surface area (Å²) in [6.07, 6.45) is 2.68. The molecule has 0 amide bonds. The molecule has 1 aliphatic carbocycles. The Morgan fingerprint density at radius 2 is 2.00 bits per heavy atom. The highest BCUT2D eigenvalue weighted by atomic mass is 32.2. The first-order valence-electron chi connectivity index (χ1n) is 6.66. The molecule has 2 aromatic rings. The lowest BCUT2D eigenvalue weighted by molar-refractivity contribution is 0.0698. The van der Waals surface area contributed by atoms with Gasteiger partial charge in [-0.1, -0.05) is 24.6 Å². The predicted molar refractivity (Wildman–Crippen MR) is 81.4 cm³/mol. The average Bonchev–Trinajstić information content (AvgIpc) is 2.76. The van der Waals surface area contributed by atoms with E-state index in [2.05, 4.69) is 0 Å². The van der Waals surface area contributed by atoms with E-state index >= 15 is 0 Å². The third-order valence-electron chi connectivity index (χ3n) is 3.97. The van der Waals surface area contributed by atoms with Crippen LogP contribution in [-0.4, -0.2) is 36.9 Å². The van der Waals surface area contributed by atoms with E-state index in [-0.39, 0.29) is 15.8 Å². The lowest BCUT2D eigenvalue weighted by Crippen LogP contribution is -2.41. The smallest absolute Gasteiger partial charge is 0.347 e. The SMILES string of the molecule is CN(C1CCC1)S(=O)(=O)c1c(C(=O)O)sc2ccccc12. The molecule has 0 unspecified atom stereocenters. The second kappa shape index (κ2) is 5.08. The maximum absolute atomic E-state index is 12.8. The van der Waals surface area contributed by atoms with Gasteiger partial charge in [0.1, 0.15) is 9.77 Å². The van der Waals surface area contributed by atoms with Gasteiger partial charge >= 0.3 is 5.97 Å². The molecule has 1 N–H and O–H groups in total. The molecule has 0 aliphatic heterocycles. The Morgan fingerprint density at radius 1 is 1.33 bits per heavy atom. The number of sulfonamides is 1. The number of aromatic carboxylic acids is 1. The van der Waals surface area contributed by atoms with E-state index in [9.17, 15) is 18.3 Å². The molecule has 1 fully saturated rings. The second-order valence-electron chi connectivity index (χ2n) is 5.17. The minimum absolute atomic E-state index is 0.0182. The predicted octanol–water partition coefficient (Wildman–Crippen LogP) is 2.77. The van der Waals surface area contributed by atoms with E-state index in [0.717, 1.165) is 30.6 Å². The molecule has 3 rings (SSSR count). The number of carbonyl (C=O) groups is 1. The molecule has 0 bridgehead atoms. The van der Waals surface area contributed by atoms with Crippen molar-refractivity contribution >= 4 is 37.4 Å². The van der Waals surface area contributed by atoms with Gasteiger partial charge in [0.25, 0.3) is 0 Å². The Bertz CT molecular complexity index is 805. The van der Waals surface area contributed by atoms with Crippen LogP contribution in [0.2, 0.25) is 0 Å². The van der Waals surface area contributed by atoms with Crippen LogP contribution in [0.4, 0.5) is 0 Å². The Hall–Kier alpha value is -1.44. The first-order valence-corrected chi connectivity index (χ1v) is 8.91. The summed E-state index contributed by atoms with van der Waals surface area (Å²) in [5.41, 5.74) is 0. The molecule has 1 heterocycles. The average molecular weight is 325 g/mol. The largest absolute Gasteiger partial charge is 0.477 e. The van der Waals surface area contributed by atoms with Crippen LogP contribution in [-0.2, 0) is 10.0 Å². The van der Waals surface area contributed by atoms with Crippen LogP contribution in [0, 0.1) is 0 Å². The minimum atomic E-state index is -3.80. The summed E-state index contributed by atoms with van der Waals surface area (Å²) in [4.78, 5) is 11.3. The molecule has 1 aromatic carbocycles. The summed E-state index contributed by atoms with van der Waals surface area (Å²) in [6, 6.07) is 6.89. The summed E-state index contributed by atoms with van der Waals surface area (Å²) < 4.78 is 27.7. The van der Waals surface area contributed by atoms with Crippen molar-refractivity contribution in [1.82, 2.24) is 4.31 Å². The molecule has 0 saturated heterocycles. The monoisotopic (exact) mass is 325 g/mol. The Labute approximate surface area is 126 Å². The third kappa shape index (κ3) is 2.25. The van der Waals surface area contributed by atoms with Crippen molar-refractivity contribution in [2.45, 2.75) is 30.2 Å². The third-order valence-corrected chi connectivity index (χ3v) is 7.25. The van der Waals surface area contributed by atoms with Crippen LogP contribution in [0.25, 0.3) is 10.1 Å². The summed E-state index contributed by atoms with van der Waals surface area (Å²) >= 11 is 1.01. The molecule has 5 nitrogen and oxygen atoms in total. The van der Waals surface area contributed by atoms with Gasteiger partial charge in [-0.05, 0) is 18.9 Å². The fourth-order valence-corrected chi connectivity index (χ4v) is 5.62. The fraction of sp³-hybridized carbons (Fsp3) is 0.357. The van der Waals surface area contributed by atoms with Gasteiger partial charge in [0.05, 0.1) is 0 Å². The van der Waals surface area contributed by atoms with Gasteiger partial charge in [-0.25, -0.2) is 13.2 Å². The van der Waals surface area contributed by atoms with E-state index < -0.39 is 16.0 Å². The zero-order valence-electron chi connectivity index (χ0n) is 11.4. The van der Waals surface area contributed by atoms with Gasteiger partial charge in [0.15, 0.2) is 0 Å². The van der Waals surface area contributed by atoms with Crippen molar-refractivity contribution in [3.63, 3.8) is 0 Å². The standard InChI is InChI=1S/C14H15NO4S2/c1-15(9-5-4-6-9)21(18,19)13-10-7-2-3-8-11(10)20-12(13)14(16)17/h2-3,7-9H,4-6H2,1H3,(H,16,17). The fourth-order valence-electron chi connectivity index (χ4n) is 2.51. The molecule has 1 aromatic heterocycles. The van der Waals surface area contributed by atoms with E-state index in [1.54, 1.807) is 24.3 Å². The molecule has 21 heavy (non-hydrogen) atoms. The van der Waals surface area contributed by atoms with E-state index in [4.69, 9.17) is 0 Å². The maximum atomic E-state index is 12.8. The first-order chi connectivity index (χ1) is 9.93. The number of hydrogen-bond acceptors (Lipinski definition) is 4. The van der Waals surface area contributed by atoms with Crippen molar-refractivity contribution in [2.24, 2.45) is 0 Å². The maximum Gasteiger partial charge on any atom is 0.347 e. The second-order valence-corrected chi connectivity index (χ2v) is 8.15. The van der Waals surface area contributed by atoms with Crippen LogP contribution >= 0.6 is 11.3 Å². The van der Waals surface area contributed by atoms with Gasteiger partial charge in [-0.15, -0.1) is 11.3 Å². The molecule has 1 aliphatic rings. The van der Waals surface area contributed by atoms with Crippen LogP contribution in [0.1, 0.15) is 28.9 Å². The van der Waals surface area contributed by atoms with Gasteiger partial charge < -0.3 is 5.11 Å². The van der Waals surface area contributed by atoms with Crippen molar-refractivity contribution in [1.29, 1.82) is 0 Å². The minimum Gasteiger partial charge on any atom is -0.477 e. The summed E-state index contributed by atoms with van der Waals surface area (Å²) in [5, 5.41) is 9.84. The molecule has 1 saturated carbocycles. The quantitative estimate of drug-likeness (QED) is 0.938. The number of thiophene rings is 1. The molecular formula is C14H15NO4S2. The molecular weight excluding hydrogens is 310 g/mol. The van der Waals surface area contributed by atoms with Gasteiger partial charge in [-0.3, -0.25) is 0 Å². The Balaban J connectivity index is 2.22. The number of carboxylic acid groups (broad SMARTS) is 1. The van der Waals surface area contributed by atoms with E-state index in [0.29, 0.717) is 10.1 Å². The van der Waals surface area contributed by atoms with Crippen molar-refractivity contribution < 1.29 is 18.3 Å². The highest BCUT2D eigenvalue weighted by Gasteiger charge is 2.36. The lowest BCUT2D eigenvalue weighted by atomic mass is 9.94. The molecule has 0 atom stereocenters. The normalized spacial score (nSPS) is 16.3. The Morgan fingerprint density at radius 3 is 2.57 bits per heavy atom. The number of carboxylic acids is 1. The number of rotatable bonds is 4. The summed E-state index contributed by atoms with van der Waals surface area (Å²) in [6.45, 7) is 0. The molecule has 7 heteroatoms. The number of hydrogen-bond donors (Lipinski definition) is 1. The molecule has 0 spiro atoms. The van der Waals surface area contributed by atoms with Crippen molar-refractivity contribution in [3.05, 3.63) is 29.1 Å². The van der Waals surface area contributed by atoms with E-state index in [1.165, 1.54) is 11.4 Å². The van der Waals surface area contributed by atoms with Gasteiger partial charge in [-0.2, -0.15) is 4.31 Å². The number of nitrogens with zero attached hydrogens (tertiary/aromatic N) is 1. The summed E-state index contributed by atoms with van der Waals surface area (Å²) in [7, 11) is -2.26. The van der Waals surface area contributed by atoms with Crippen LogP contribution < -0.4 is 0 Å².